The van der Waals surface area contributed by atoms with Crippen molar-refractivity contribution in [1.29, 1.82) is 0 Å². The standard InChI is InChI=1S/C21H35P3/c1-16(2,3)19-12-10-13(12)24-20(17(4,5)6)21(24,18(7,8)9)23(19)15-11-14(15)22(19)20/h12-15H,10-11H2,1-9H3/t12-,13+,14-,15+,19?,20-,21+,22?,23?,24?/m1/s1. The Morgan fingerprint density at radius 3 is 1.42 bits per heavy atom. The van der Waals surface area contributed by atoms with E-state index in [0.717, 1.165) is 14.7 Å². The van der Waals surface area contributed by atoms with E-state index in [1.807, 2.05) is 0 Å². The Morgan fingerprint density at radius 2 is 1.04 bits per heavy atom. The van der Waals surface area contributed by atoms with Gasteiger partial charge >= 0.3 is 0 Å². The molecule has 5 heterocycles. The van der Waals surface area contributed by atoms with Gasteiger partial charge in [0.2, 0.25) is 0 Å². The Bertz CT molecular complexity index is 637. The van der Waals surface area contributed by atoms with Gasteiger partial charge in [0.15, 0.2) is 0 Å². The van der Waals surface area contributed by atoms with Crippen molar-refractivity contribution in [3.05, 3.63) is 0 Å². The lowest BCUT2D eigenvalue weighted by Crippen LogP contribution is -2.45. The predicted octanol–water partition coefficient (Wildman–Crippen LogP) is 7.24. The summed E-state index contributed by atoms with van der Waals surface area (Å²) in [6.07, 6.45) is 3.31. The molecule has 24 heavy (non-hydrogen) atoms. The van der Waals surface area contributed by atoms with Gasteiger partial charge in [0, 0.05) is 14.7 Å². The molecule has 0 spiro atoms. The van der Waals surface area contributed by atoms with E-state index in [-0.39, 0.29) is 15.8 Å². The molecule has 7 aliphatic rings. The molecule has 2 aliphatic carbocycles. The normalized spacial score (nSPS) is 64.6. The van der Waals surface area contributed by atoms with Gasteiger partial charge in [-0.2, -0.15) is 0 Å². The van der Waals surface area contributed by atoms with E-state index in [4.69, 9.17) is 0 Å². The molecule has 5 saturated heterocycles. The van der Waals surface area contributed by atoms with Crippen LogP contribution in [0.15, 0.2) is 0 Å². The average molecular weight is 380 g/mol. The highest BCUT2D eigenvalue weighted by Gasteiger charge is 3.07. The molecule has 2 saturated carbocycles. The molecule has 6 bridgehead atoms. The highest BCUT2D eigenvalue weighted by atomic mass is 31.2. The van der Waals surface area contributed by atoms with Gasteiger partial charge in [0.25, 0.3) is 0 Å². The second-order valence-electron chi connectivity index (χ2n) is 12.7. The van der Waals surface area contributed by atoms with Crippen molar-refractivity contribution >= 4 is 23.8 Å². The van der Waals surface area contributed by atoms with Crippen LogP contribution < -0.4 is 0 Å². The van der Waals surface area contributed by atoms with Crippen LogP contribution >= 0.6 is 23.8 Å². The smallest absolute Gasteiger partial charge is 0.0317 e. The zero-order valence-corrected chi connectivity index (χ0v) is 19.7. The summed E-state index contributed by atoms with van der Waals surface area (Å²) >= 11 is 0. The van der Waals surface area contributed by atoms with E-state index in [2.05, 4.69) is 62.3 Å². The molecule has 0 aromatic carbocycles. The molecule has 0 aromatic heterocycles. The largest absolute Gasteiger partial charge is 0.0784 e. The van der Waals surface area contributed by atoms with Gasteiger partial charge in [0.05, 0.1) is 0 Å². The minimum absolute atomic E-state index is 0.246. The van der Waals surface area contributed by atoms with Crippen LogP contribution in [-0.4, -0.2) is 31.7 Å². The molecule has 4 unspecified atom stereocenters. The van der Waals surface area contributed by atoms with Crippen LogP contribution in [0.2, 0.25) is 0 Å². The quantitative estimate of drug-likeness (QED) is 0.389. The number of hydrogen-bond donors (Lipinski definition) is 0. The monoisotopic (exact) mass is 380 g/mol. The summed E-state index contributed by atoms with van der Waals surface area (Å²) in [5.74, 6) is 1.18. The fraction of sp³-hybridized carbons (Fsp3) is 1.00. The summed E-state index contributed by atoms with van der Waals surface area (Å²) in [5.41, 5.74) is 5.28. The second-order valence-corrected chi connectivity index (χ2v) is 22.1. The van der Waals surface area contributed by atoms with Crippen LogP contribution in [0.3, 0.4) is 0 Å². The number of fused-ring (bicyclic) bond motifs is 1. The molecule has 0 nitrogen and oxygen atoms in total. The Morgan fingerprint density at radius 1 is 0.583 bits per heavy atom. The van der Waals surface area contributed by atoms with E-state index in [9.17, 15) is 0 Å². The van der Waals surface area contributed by atoms with Gasteiger partial charge in [-0.1, -0.05) is 86.1 Å². The maximum absolute atomic E-state index is 2.67. The van der Waals surface area contributed by atoms with E-state index in [1.54, 1.807) is 12.8 Å². The third-order valence-electron chi connectivity index (χ3n) is 8.75. The summed E-state index contributed by atoms with van der Waals surface area (Å²) < 4.78 is 0. The topological polar surface area (TPSA) is 0 Å². The van der Waals surface area contributed by atoms with Crippen molar-refractivity contribution in [1.82, 2.24) is 0 Å². The third kappa shape index (κ3) is 1.13. The molecule has 0 N–H and O–H groups in total. The van der Waals surface area contributed by atoms with Gasteiger partial charge in [-0.15, -0.1) is 0 Å². The number of rotatable bonds is 0. The summed E-state index contributed by atoms with van der Waals surface area (Å²) in [5, 5.41) is 0. The lowest BCUT2D eigenvalue weighted by molar-refractivity contribution is 0.292. The van der Waals surface area contributed by atoms with Crippen molar-refractivity contribution in [2.45, 2.75) is 107 Å². The van der Waals surface area contributed by atoms with Gasteiger partial charge < -0.3 is 0 Å². The van der Waals surface area contributed by atoms with E-state index < -0.39 is 0 Å². The maximum atomic E-state index is 2.67. The van der Waals surface area contributed by atoms with Crippen LogP contribution in [0.5, 0.6) is 0 Å². The first-order valence-electron chi connectivity index (χ1n) is 10.2. The minimum atomic E-state index is 0.246. The summed E-state index contributed by atoms with van der Waals surface area (Å²) in [4.78, 5) is 2.46. The maximum Gasteiger partial charge on any atom is 0.0317 e. The minimum Gasteiger partial charge on any atom is -0.0784 e. The van der Waals surface area contributed by atoms with E-state index in [0.29, 0.717) is 24.2 Å². The molecule has 0 amide bonds. The number of hydrogen-bond acceptors (Lipinski definition) is 0. The molecular weight excluding hydrogens is 345 g/mol. The van der Waals surface area contributed by atoms with Crippen molar-refractivity contribution in [2.75, 3.05) is 0 Å². The van der Waals surface area contributed by atoms with Crippen LogP contribution in [-0.2, 0) is 0 Å². The van der Waals surface area contributed by atoms with Crippen molar-refractivity contribution in [3.8, 4) is 0 Å². The van der Waals surface area contributed by atoms with Gasteiger partial charge in [0.1, 0.15) is 0 Å². The molecule has 5 aliphatic heterocycles. The fourth-order valence-electron chi connectivity index (χ4n) is 8.75. The molecule has 10 atom stereocenters. The molecule has 0 radical (unpaired) electrons. The molecular formula is C21H35P3. The van der Waals surface area contributed by atoms with Crippen LogP contribution in [0.4, 0.5) is 0 Å². The zero-order chi connectivity index (χ0) is 17.5. The molecule has 3 heteroatoms. The molecule has 7 rings (SSSR count). The van der Waals surface area contributed by atoms with Crippen molar-refractivity contribution in [3.63, 3.8) is 0 Å². The molecule has 0 aromatic rings. The van der Waals surface area contributed by atoms with Crippen LogP contribution in [0.1, 0.15) is 75.2 Å². The lowest BCUT2D eigenvalue weighted by Gasteiger charge is -2.57. The van der Waals surface area contributed by atoms with E-state index in [1.165, 1.54) is 22.9 Å². The zero-order valence-electron chi connectivity index (χ0n) is 17.1. The van der Waals surface area contributed by atoms with E-state index >= 15 is 0 Å². The van der Waals surface area contributed by atoms with Gasteiger partial charge in [-0.3, -0.25) is 0 Å². The first-order chi connectivity index (χ1) is 10.8. The predicted molar refractivity (Wildman–Crippen MR) is 111 cm³/mol. The molecule has 134 valence electrons. The van der Waals surface area contributed by atoms with Crippen molar-refractivity contribution in [2.24, 2.45) is 22.2 Å². The highest BCUT2D eigenvalue weighted by Crippen LogP contribution is 3.28. The highest BCUT2D eigenvalue weighted by molar-refractivity contribution is 8.08. The second kappa shape index (κ2) is 3.62. The van der Waals surface area contributed by atoms with Crippen molar-refractivity contribution < 1.29 is 0 Å². The Labute approximate surface area is 153 Å². The van der Waals surface area contributed by atoms with Crippen LogP contribution in [0, 0.1) is 22.2 Å². The first-order valence-corrected chi connectivity index (χ1v) is 14.4. The third-order valence-corrected chi connectivity index (χ3v) is 27.2. The Balaban J connectivity index is 1.71. The summed E-state index contributed by atoms with van der Waals surface area (Å²) in [6, 6.07) is 0. The van der Waals surface area contributed by atoms with Crippen LogP contribution in [0.25, 0.3) is 0 Å². The lowest BCUT2D eigenvalue weighted by atomic mass is 9.80. The average Bonchev–Trinajstić information content (AvgIpc) is 3.25. The Hall–Kier alpha value is 1.29. The SMILES string of the molecule is CC(C)(C)C12[C@@H]3C[C@@H]3P3[C@]4(C(C)(C)C)P1[C@H]1C[C@H]1P2[C@]34C(C)(C)C. The Kier molecular flexibility index (Phi) is 2.46. The molecule has 7 fully saturated rings. The summed E-state index contributed by atoms with van der Waals surface area (Å²) in [7, 11) is 0.805. The first kappa shape index (κ1) is 16.3. The summed E-state index contributed by atoms with van der Waals surface area (Å²) in [6.45, 7) is 24.0. The van der Waals surface area contributed by atoms with Gasteiger partial charge in [-0.25, -0.2) is 0 Å². The van der Waals surface area contributed by atoms with Gasteiger partial charge in [-0.05, 0) is 52.0 Å². The fourth-order valence-corrected chi connectivity index (χ4v) is 35.5.